The number of guanidine groups is 1. The van der Waals surface area contributed by atoms with Crippen molar-refractivity contribution >= 4 is 65.2 Å². The van der Waals surface area contributed by atoms with E-state index in [2.05, 4.69) is 36.9 Å². The SMILES string of the molecule is CC(C)C[C@H](NC(=O)[C@H](CO)NC(=O)[C@H](CCC(=O)O)NC(=O)[C@H](CC(C)C)NC(=O)[C@@H](N)CCC(=O)O)C(=O)N[C@H](C(=O)N1CCC[C@H]1C(=O)N[C@@H](CCCN=C(N)N)C(=O)O)C(C)C. The van der Waals surface area contributed by atoms with Crippen LogP contribution in [-0.4, -0.2) is 159 Å². The lowest BCUT2D eigenvalue weighted by Gasteiger charge is -2.32. The Labute approximate surface area is 383 Å². The summed E-state index contributed by atoms with van der Waals surface area (Å²) < 4.78 is 0. The Morgan fingerprint density at radius 2 is 1.12 bits per heavy atom. The number of aliphatic imine (C=N–C) groups is 1. The molecule has 0 aliphatic carbocycles. The van der Waals surface area contributed by atoms with Crippen LogP contribution in [0.2, 0.25) is 0 Å². The molecule has 0 aromatic heterocycles. The fourth-order valence-corrected chi connectivity index (χ4v) is 6.92. The van der Waals surface area contributed by atoms with Gasteiger partial charge in [-0.3, -0.25) is 48.1 Å². The summed E-state index contributed by atoms with van der Waals surface area (Å²) >= 11 is 0. The van der Waals surface area contributed by atoms with E-state index in [-0.39, 0.29) is 69.4 Å². The Morgan fingerprint density at radius 1 is 0.636 bits per heavy atom. The lowest BCUT2D eigenvalue weighted by molar-refractivity contribution is -0.145. The van der Waals surface area contributed by atoms with Crippen LogP contribution in [0.4, 0.5) is 0 Å². The van der Waals surface area contributed by atoms with E-state index < -0.39 is 139 Å². The Kier molecular flexibility index (Phi) is 25.2. The minimum absolute atomic E-state index is 0.00442. The van der Waals surface area contributed by atoms with Crippen LogP contribution in [0.15, 0.2) is 4.99 Å². The molecule has 1 aliphatic rings. The van der Waals surface area contributed by atoms with Gasteiger partial charge in [-0.15, -0.1) is 0 Å². The van der Waals surface area contributed by atoms with Gasteiger partial charge in [0.1, 0.15) is 42.3 Å². The van der Waals surface area contributed by atoms with E-state index in [0.717, 1.165) is 0 Å². The van der Waals surface area contributed by atoms with Crippen molar-refractivity contribution in [2.45, 2.75) is 154 Å². The molecule has 0 aromatic carbocycles. The highest BCUT2D eigenvalue weighted by Crippen LogP contribution is 2.21. The molecular formula is C41H71N11O14. The number of nitrogens with one attached hydrogen (secondary N) is 6. The quantitative estimate of drug-likeness (QED) is 0.0192. The lowest BCUT2D eigenvalue weighted by Crippen LogP contribution is -2.61. The van der Waals surface area contributed by atoms with Crippen molar-refractivity contribution < 1.29 is 68.4 Å². The standard InChI is InChI=1S/C41H71N11O14/c1-20(2)17-26(48-33(58)23(42)11-13-30(54)55)35(60)46-24(12-14-31(56)57)34(59)50-28(19-53)37(62)49-27(18-21(3)4)36(61)51-32(22(5)6)39(64)52-16-8-10-29(52)38(63)47-25(40(65)66)9-7-15-45-41(43)44/h20-29,32,53H,7-19,42H2,1-6H3,(H,46,60)(H,47,63)(H,48,58)(H,49,62)(H,50,59)(H,51,61)(H,54,55)(H,56,57)(H,65,66)(H4,43,44,45)/t23-,24-,25-,26-,27-,28-,29-,32-/m0/s1. The van der Waals surface area contributed by atoms with Crippen LogP contribution in [0, 0.1) is 17.8 Å². The van der Waals surface area contributed by atoms with E-state index >= 15 is 0 Å². The van der Waals surface area contributed by atoms with Crippen molar-refractivity contribution in [1.29, 1.82) is 0 Å². The average molecular weight is 942 g/mol. The van der Waals surface area contributed by atoms with Gasteiger partial charge < -0.3 is 74.4 Å². The first-order chi connectivity index (χ1) is 30.8. The van der Waals surface area contributed by atoms with Gasteiger partial charge in [0.25, 0.3) is 0 Å². The maximum atomic E-state index is 14.0. The summed E-state index contributed by atoms with van der Waals surface area (Å²) in [5.41, 5.74) is 16.4. The summed E-state index contributed by atoms with van der Waals surface area (Å²) in [6, 6.07) is -10.8. The van der Waals surface area contributed by atoms with Crippen molar-refractivity contribution in [2.24, 2.45) is 39.9 Å². The molecule has 1 aliphatic heterocycles. The third-order valence-electron chi connectivity index (χ3n) is 10.4. The van der Waals surface area contributed by atoms with Gasteiger partial charge in [-0.25, -0.2) is 4.79 Å². The van der Waals surface area contributed by atoms with Gasteiger partial charge >= 0.3 is 17.9 Å². The second-order valence-corrected chi connectivity index (χ2v) is 17.4. The minimum Gasteiger partial charge on any atom is -0.481 e. The van der Waals surface area contributed by atoms with Crippen molar-refractivity contribution in [2.75, 3.05) is 19.7 Å². The minimum atomic E-state index is -1.74. The van der Waals surface area contributed by atoms with E-state index in [1.165, 1.54) is 4.90 Å². The summed E-state index contributed by atoms with van der Waals surface area (Å²) in [5, 5.41) is 53.0. The predicted molar refractivity (Wildman–Crippen MR) is 236 cm³/mol. The van der Waals surface area contributed by atoms with Gasteiger partial charge in [0.05, 0.1) is 12.6 Å². The number of carboxylic acids is 3. The molecule has 374 valence electrons. The first-order valence-corrected chi connectivity index (χ1v) is 22.0. The summed E-state index contributed by atoms with van der Waals surface area (Å²) in [7, 11) is 0. The number of aliphatic hydroxyl groups excluding tert-OH is 1. The molecule has 25 nitrogen and oxygen atoms in total. The Morgan fingerprint density at radius 3 is 1.62 bits per heavy atom. The van der Waals surface area contributed by atoms with Crippen LogP contribution in [0.3, 0.4) is 0 Å². The van der Waals surface area contributed by atoms with Crippen LogP contribution in [-0.2, 0) is 47.9 Å². The maximum Gasteiger partial charge on any atom is 0.326 e. The molecular weight excluding hydrogens is 871 g/mol. The van der Waals surface area contributed by atoms with Gasteiger partial charge in [-0.1, -0.05) is 41.5 Å². The molecule has 0 unspecified atom stereocenters. The summed E-state index contributed by atoms with van der Waals surface area (Å²) in [6.45, 7) is 9.50. The van der Waals surface area contributed by atoms with E-state index in [9.17, 15) is 63.3 Å². The third-order valence-corrected chi connectivity index (χ3v) is 10.4. The van der Waals surface area contributed by atoms with E-state index in [1.807, 2.05) is 0 Å². The number of nitrogens with zero attached hydrogens (tertiary/aromatic N) is 2. The smallest absolute Gasteiger partial charge is 0.326 e. The summed E-state index contributed by atoms with van der Waals surface area (Å²) in [5.74, 6) is -11.0. The van der Waals surface area contributed by atoms with Crippen LogP contribution in [0.25, 0.3) is 0 Å². The number of carboxylic acid groups (broad SMARTS) is 3. The number of hydrogen-bond acceptors (Lipinski definition) is 13. The molecule has 1 fully saturated rings. The molecule has 8 atom stereocenters. The molecule has 25 heteroatoms. The molecule has 66 heavy (non-hydrogen) atoms. The largest absolute Gasteiger partial charge is 0.481 e. The Hall–Kier alpha value is -6.11. The van der Waals surface area contributed by atoms with E-state index in [4.69, 9.17) is 22.3 Å². The number of rotatable bonds is 30. The zero-order chi connectivity index (χ0) is 50.4. The average Bonchev–Trinajstić information content (AvgIpc) is 3.72. The van der Waals surface area contributed by atoms with Crippen LogP contribution < -0.4 is 49.1 Å². The molecule has 1 saturated heterocycles. The van der Waals surface area contributed by atoms with E-state index in [0.29, 0.717) is 6.42 Å². The molecule has 0 saturated carbocycles. The molecule has 1 rings (SSSR count). The summed E-state index contributed by atoms with van der Waals surface area (Å²) in [4.78, 5) is 134. The molecule has 0 spiro atoms. The van der Waals surface area contributed by atoms with Crippen LogP contribution in [0.1, 0.15) is 106 Å². The number of hydrogen-bond donors (Lipinski definition) is 13. The van der Waals surface area contributed by atoms with Gasteiger partial charge in [0.15, 0.2) is 5.96 Å². The highest BCUT2D eigenvalue weighted by molar-refractivity contribution is 5.98. The number of nitrogens with two attached hydrogens (primary N) is 3. The molecule has 0 radical (unpaired) electrons. The fraction of sp³-hybridized carbons (Fsp3) is 0.732. The zero-order valence-electron chi connectivity index (χ0n) is 38.5. The van der Waals surface area contributed by atoms with Crippen molar-refractivity contribution in [3.63, 3.8) is 0 Å². The Balaban J connectivity index is 3.24. The lowest BCUT2D eigenvalue weighted by atomic mass is 9.99. The van der Waals surface area contributed by atoms with Gasteiger partial charge in [0.2, 0.25) is 41.4 Å². The molecule has 7 amide bonds. The number of aliphatic hydroxyl groups is 1. The highest BCUT2D eigenvalue weighted by Gasteiger charge is 2.41. The number of likely N-dealkylation sites (tertiary alicyclic amines) is 1. The Bertz CT molecular complexity index is 1740. The van der Waals surface area contributed by atoms with Gasteiger partial charge in [-0.05, 0) is 69.1 Å². The monoisotopic (exact) mass is 942 g/mol. The molecule has 16 N–H and O–H groups in total. The van der Waals surface area contributed by atoms with Gasteiger partial charge in [-0.2, -0.15) is 0 Å². The van der Waals surface area contributed by atoms with Crippen molar-refractivity contribution in [3.8, 4) is 0 Å². The maximum absolute atomic E-state index is 14.0. The molecule has 0 aromatic rings. The predicted octanol–water partition coefficient (Wildman–Crippen LogP) is -3.18. The number of carbonyl (C=O) groups excluding carboxylic acids is 7. The van der Waals surface area contributed by atoms with Crippen LogP contribution in [0.5, 0.6) is 0 Å². The van der Waals surface area contributed by atoms with E-state index in [1.54, 1.807) is 41.5 Å². The van der Waals surface area contributed by atoms with Crippen molar-refractivity contribution in [1.82, 2.24) is 36.8 Å². The van der Waals surface area contributed by atoms with Gasteiger partial charge in [0, 0.05) is 25.9 Å². The first-order valence-electron chi connectivity index (χ1n) is 22.0. The molecule has 1 heterocycles. The second kappa shape index (κ2) is 28.7. The van der Waals surface area contributed by atoms with Crippen LogP contribution >= 0.6 is 0 Å². The summed E-state index contributed by atoms with van der Waals surface area (Å²) in [6.07, 6.45) is -0.847. The topological polar surface area (TPSA) is 417 Å². The first kappa shape index (κ1) is 57.9. The number of amides is 7. The highest BCUT2D eigenvalue weighted by atomic mass is 16.4. The molecule has 0 bridgehead atoms. The number of aliphatic carboxylic acids is 3. The third kappa shape index (κ3) is 20.8. The van der Waals surface area contributed by atoms with Crippen molar-refractivity contribution in [3.05, 3.63) is 0 Å². The second-order valence-electron chi connectivity index (χ2n) is 17.4. The fourth-order valence-electron chi connectivity index (χ4n) is 6.92. The zero-order valence-corrected chi connectivity index (χ0v) is 38.5. The normalized spacial score (nSPS) is 16.7. The number of carbonyl (C=O) groups is 10.